The van der Waals surface area contributed by atoms with Crippen molar-refractivity contribution in [3.05, 3.63) is 0 Å². The van der Waals surface area contributed by atoms with Crippen LogP contribution in [0.1, 0.15) is 39.5 Å². The average molecular weight is 174 g/mol. The summed E-state index contributed by atoms with van der Waals surface area (Å²) in [6.45, 7) is 4.20. The molecule has 0 aromatic heterocycles. The predicted octanol–water partition coefficient (Wildman–Crippen LogP) is 1.49. The Labute approximate surface area is 73.7 Å². The molecule has 0 spiro atoms. The molecule has 0 heterocycles. The van der Waals surface area contributed by atoms with Gasteiger partial charge in [-0.1, -0.05) is 19.8 Å². The van der Waals surface area contributed by atoms with E-state index in [2.05, 4.69) is 6.92 Å². The average Bonchev–Trinajstić information content (AvgIpc) is 2.01. The molecule has 3 nitrogen and oxygen atoms in total. The molecule has 3 heteroatoms. The molecule has 0 aliphatic heterocycles. The molecule has 0 aromatic rings. The van der Waals surface area contributed by atoms with Crippen molar-refractivity contribution >= 4 is 5.97 Å². The van der Waals surface area contributed by atoms with E-state index in [0.29, 0.717) is 13.0 Å². The molecule has 0 saturated heterocycles. The van der Waals surface area contributed by atoms with Crippen LogP contribution >= 0.6 is 0 Å². The minimum Gasteiger partial charge on any atom is -0.466 e. The maximum Gasteiger partial charge on any atom is 0.308 e. The van der Waals surface area contributed by atoms with Crippen molar-refractivity contribution in [3.63, 3.8) is 0 Å². The third-order valence-electron chi connectivity index (χ3n) is 1.60. The molecule has 12 heavy (non-hydrogen) atoms. The minimum absolute atomic E-state index is 0.133. The molecule has 0 unspecified atom stereocenters. The van der Waals surface area contributed by atoms with E-state index in [1.165, 1.54) is 0 Å². The zero-order valence-corrected chi connectivity index (χ0v) is 7.88. The first-order valence-electron chi connectivity index (χ1n) is 4.54. The number of carbonyl (C=O) groups excluding carboxylic acids is 1. The highest BCUT2D eigenvalue weighted by Gasteiger charge is 2.10. The first kappa shape index (κ1) is 11.4. The molecule has 0 saturated carbocycles. The van der Waals surface area contributed by atoms with Crippen LogP contribution in [0.25, 0.3) is 0 Å². The largest absolute Gasteiger partial charge is 0.466 e. The van der Waals surface area contributed by atoms with Gasteiger partial charge in [0.2, 0.25) is 0 Å². The molecule has 1 N–H and O–H groups in total. The number of hydrogen-bond donors (Lipinski definition) is 1. The van der Waals surface area contributed by atoms with Gasteiger partial charge in [0.05, 0.1) is 19.1 Å². The van der Waals surface area contributed by atoms with Gasteiger partial charge in [-0.15, -0.1) is 0 Å². The van der Waals surface area contributed by atoms with E-state index in [9.17, 15) is 9.90 Å². The fraction of sp³-hybridized carbons (Fsp3) is 0.889. The van der Waals surface area contributed by atoms with Crippen molar-refractivity contribution in [2.45, 2.75) is 45.6 Å². The second kappa shape index (κ2) is 7.10. The van der Waals surface area contributed by atoms with Gasteiger partial charge < -0.3 is 9.84 Å². The Morgan fingerprint density at radius 3 is 2.67 bits per heavy atom. The normalized spacial score (nSPS) is 12.6. The lowest BCUT2D eigenvalue weighted by Crippen LogP contribution is -2.15. The number of rotatable bonds is 6. The van der Waals surface area contributed by atoms with Crippen LogP contribution in [0.5, 0.6) is 0 Å². The van der Waals surface area contributed by atoms with Crippen molar-refractivity contribution in [1.82, 2.24) is 0 Å². The maximum atomic E-state index is 10.8. The van der Waals surface area contributed by atoms with Gasteiger partial charge in [0.15, 0.2) is 0 Å². The summed E-state index contributed by atoms with van der Waals surface area (Å²) in [4.78, 5) is 10.8. The molecule has 0 aliphatic carbocycles. The number of esters is 1. The van der Waals surface area contributed by atoms with Crippen molar-refractivity contribution in [3.8, 4) is 0 Å². The molecule has 0 aliphatic rings. The highest BCUT2D eigenvalue weighted by Crippen LogP contribution is 2.04. The van der Waals surface area contributed by atoms with E-state index >= 15 is 0 Å². The van der Waals surface area contributed by atoms with Gasteiger partial charge >= 0.3 is 5.97 Å². The Kier molecular flexibility index (Phi) is 6.76. The summed E-state index contributed by atoms with van der Waals surface area (Å²) in [7, 11) is 0. The van der Waals surface area contributed by atoms with Gasteiger partial charge in [0, 0.05) is 0 Å². The molecule has 0 amide bonds. The highest BCUT2D eigenvalue weighted by molar-refractivity contribution is 5.69. The zero-order chi connectivity index (χ0) is 9.40. The molecular formula is C9H18O3. The fourth-order valence-corrected chi connectivity index (χ4v) is 0.954. The molecule has 0 aromatic carbocycles. The Hall–Kier alpha value is -0.570. The van der Waals surface area contributed by atoms with Gasteiger partial charge in [0.1, 0.15) is 0 Å². The van der Waals surface area contributed by atoms with Crippen LogP contribution in [-0.2, 0) is 9.53 Å². The quantitative estimate of drug-likeness (QED) is 0.620. The van der Waals surface area contributed by atoms with Crippen LogP contribution in [0.4, 0.5) is 0 Å². The number of aliphatic hydroxyl groups excluding tert-OH is 1. The Morgan fingerprint density at radius 1 is 1.50 bits per heavy atom. The van der Waals surface area contributed by atoms with Gasteiger partial charge in [-0.2, -0.15) is 0 Å². The number of unbranched alkanes of at least 4 members (excludes halogenated alkanes) is 1. The molecule has 0 rings (SSSR count). The number of carbonyl (C=O) groups is 1. The predicted molar refractivity (Wildman–Crippen MR) is 46.8 cm³/mol. The van der Waals surface area contributed by atoms with Crippen LogP contribution in [0.2, 0.25) is 0 Å². The van der Waals surface area contributed by atoms with E-state index in [1.54, 1.807) is 6.92 Å². The first-order valence-corrected chi connectivity index (χ1v) is 4.54. The van der Waals surface area contributed by atoms with Crippen molar-refractivity contribution in [2.75, 3.05) is 6.61 Å². The van der Waals surface area contributed by atoms with Crippen LogP contribution in [0.3, 0.4) is 0 Å². The number of hydrogen-bond acceptors (Lipinski definition) is 3. The summed E-state index contributed by atoms with van der Waals surface area (Å²) in [5.74, 6) is -0.305. The van der Waals surface area contributed by atoms with Crippen LogP contribution in [0.15, 0.2) is 0 Å². The summed E-state index contributed by atoms with van der Waals surface area (Å²) in [6, 6.07) is 0. The highest BCUT2D eigenvalue weighted by atomic mass is 16.5. The second-order valence-corrected chi connectivity index (χ2v) is 2.81. The van der Waals surface area contributed by atoms with E-state index in [1.807, 2.05) is 0 Å². The zero-order valence-electron chi connectivity index (χ0n) is 7.88. The number of ether oxygens (including phenoxy) is 1. The topological polar surface area (TPSA) is 46.5 Å². The smallest absolute Gasteiger partial charge is 0.308 e. The standard InChI is InChI=1S/C9H18O3/c1-3-5-6-8(10)7-9(11)12-4-2/h8,10H,3-7H2,1-2H3/t8-/m0/s1. The molecule has 1 atom stereocenters. The first-order chi connectivity index (χ1) is 5.70. The lowest BCUT2D eigenvalue weighted by Gasteiger charge is -2.08. The maximum absolute atomic E-state index is 10.8. The van der Waals surface area contributed by atoms with E-state index in [4.69, 9.17) is 4.74 Å². The van der Waals surface area contributed by atoms with Gasteiger partial charge in [-0.3, -0.25) is 4.79 Å². The monoisotopic (exact) mass is 174 g/mol. The van der Waals surface area contributed by atoms with Crippen LogP contribution in [-0.4, -0.2) is 23.8 Å². The Morgan fingerprint density at radius 2 is 2.17 bits per heavy atom. The summed E-state index contributed by atoms with van der Waals surface area (Å²) in [5, 5.41) is 9.28. The second-order valence-electron chi connectivity index (χ2n) is 2.81. The lowest BCUT2D eigenvalue weighted by atomic mass is 10.1. The SMILES string of the molecule is CCCC[C@H](O)CC(=O)OCC. The minimum atomic E-state index is -0.524. The Bertz CT molecular complexity index is 123. The third kappa shape index (κ3) is 6.16. The molecule has 72 valence electrons. The third-order valence-corrected chi connectivity index (χ3v) is 1.60. The molecule has 0 radical (unpaired) electrons. The van der Waals surface area contributed by atoms with Gasteiger partial charge in [-0.25, -0.2) is 0 Å². The molecule has 0 fully saturated rings. The van der Waals surface area contributed by atoms with E-state index in [-0.39, 0.29) is 12.4 Å². The van der Waals surface area contributed by atoms with Crippen molar-refractivity contribution < 1.29 is 14.6 Å². The van der Waals surface area contributed by atoms with Gasteiger partial charge in [-0.05, 0) is 13.3 Å². The summed E-state index contributed by atoms with van der Waals surface area (Å²) in [5.41, 5.74) is 0. The summed E-state index contributed by atoms with van der Waals surface area (Å²) >= 11 is 0. The van der Waals surface area contributed by atoms with Crippen molar-refractivity contribution in [1.29, 1.82) is 0 Å². The summed E-state index contributed by atoms with van der Waals surface area (Å²) in [6.07, 6.45) is 2.30. The summed E-state index contributed by atoms with van der Waals surface area (Å²) < 4.78 is 4.69. The number of aliphatic hydroxyl groups is 1. The van der Waals surface area contributed by atoms with Crippen molar-refractivity contribution in [2.24, 2.45) is 0 Å². The Balaban J connectivity index is 3.40. The molecule has 0 bridgehead atoms. The van der Waals surface area contributed by atoms with Crippen LogP contribution < -0.4 is 0 Å². The lowest BCUT2D eigenvalue weighted by molar-refractivity contribution is -0.145. The molecular weight excluding hydrogens is 156 g/mol. The van der Waals surface area contributed by atoms with E-state index in [0.717, 1.165) is 12.8 Å². The van der Waals surface area contributed by atoms with Gasteiger partial charge in [0.25, 0.3) is 0 Å². The van der Waals surface area contributed by atoms with E-state index < -0.39 is 6.10 Å². The van der Waals surface area contributed by atoms with Crippen LogP contribution in [0, 0.1) is 0 Å². The fourth-order valence-electron chi connectivity index (χ4n) is 0.954.